The third kappa shape index (κ3) is 9.26. The number of nitrogens with zero attached hydrogens (tertiary/aromatic N) is 3. The summed E-state index contributed by atoms with van der Waals surface area (Å²) in [6.45, 7) is 2.15. The third-order valence-corrected chi connectivity index (χ3v) is 13.9. The molecule has 73 heavy (non-hydrogen) atoms. The van der Waals surface area contributed by atoms with Crippen LogP contribution in [0, 0.1) is 17.8 Å². The average Bonchev–Trinajstić information content (AvgIpc) is 3.92. The van der Waals surface area contributed by atoms with Gasteiger partial charge in [-0.05, 0) is 101 Å². The Morgan fingerprint density at radius 2 is 1.41 bits per heavy atom. The lowest BCUT2D eigenvalue weighted by Gasteiger charge is -2.46. The summed E-state index contributed by atoms with van der Waals surface area (Å²) in [6, 6.07) is 42.2. The molecule has 1 spiro atoms. The molecule has 6 atom stereocenters. The lowest BCUT2D eigenvalue weighted by Crippen LogP contribution is -2.54. The van der Waals surface area contributed by atoms with Crippen molar-refractivity contribution >= 4 is 40.9 Å². The highest BCUT2D eigenvalue weighted by Gasteiger charge is 2.76. The van der Waals surface area contributed by atoms with E-state index in [9.17, 15) is 9.90 Å². The molecule has 4 aliphatic heterocycles. The second-order valence-electron chi connectivity index (χ2n) is 18.0. The van der Waals surface area contributed by atoms with E-state index in [0.29, 0.717) is 65.7 Å². The average molecular weight is 983 g/mol. The fraction of sp³-hybridized carbons (Fsp3) is 0.276. The van der Waals surface area contributed by atoms with E-state index in [1.807, 2.05) is 95.9 Å². The van der Waals surface area contributed by atoms with Crippen molar-refractivity contribution < 1.29 is 52.7 Å². The molecule has 6 aromatic rings. The fourth-order valence-electron chi connectivity index (χ4n) is 10.8. The van der Waals surface area contributed by atoms with E-state index in [0.717, 1.165) is 16.2 Å². The smallest absolute Gasteiger partial charge is 0.421 e. The zero-order valence-electron chi connectivity index (χ0n) is 40.3. The van der Waals surface area contributed by atoms with E-state index in [-0.39, 0.29) is 37.7 Å². The van der Waals surface area contributed by atoms with Gasteiger partial charge in [-0.2, -0.15) is 0 Å². The molecule has 6 aromatic carbocycles. The summed E-state index contributed by atoms with van der Waals surface area (Å²) in [7, 11) is 3.05. The summed E-state index contributed by atoms with van der Waals surface area (Å²) in [5, 5.41) is 13.0. The molecule has 0 aliphatic carbocycles. The molecule has 15 heteroatoms. The summed E-state index contributed by atoms with van der Waals surface area (Å²) >= 11 is 0. The number of morpholine rings is 2. The minimum absolute atomic E-state index is 0.0326. The molecule has 15 nitrogen and oxygen atoms in total. The van der Waals surface area contributed by atoms with Gasteiger partial charge in [-0.15, -0.1) is 0 Å². The first-order valence-electron chi connectivity index (χ1n) is 24.2. The molecule has 0 unspecified atom stereocenters. The van der Waals surface area contributed by atoms with Gasteiger partial charge >= 0.3 is 12.1 Å². The highest BCUT2D eigenvalue weighted by atomic mass is 16.6. The molecule has 3 amide bonds. The van der Waals surface area contributed by atoms with Gasteiger partial charge in [0.2, 0.25) is 11.8 Å². The molecule has 0 bridgehead atoms. The van der Waals surface area contributed by atoms with Crippen LogP contribution >= 0.6 is 0 Å². The maximum absolute atomic E-state index is 16.6. The topological polar surface area (TPSA) is 166 Å². The highest BCUT2D eigenvalue weighted by molar-refractivity contribution is 6.24. The van der Waals surface area contributed by atoms with Crippen LogP contribution in [0.5, 0.6) is 11.5 Å². The molecular weight excluding hydrogens is 929 g/mol. The number of anilines is 3. The summed E-state index contributed by atoms with van der Waals surface area (Å²) in [6.07, 6.45) is -1.94. The number of aliphatic hydroxyl groups excluding tert-OH is 1. The van der Waals surface area contributed by atoms with Gasteiger partial charge in [-0.25, -0.2) is 9.69 Å². The quantitative estimate of drug-likeness (QED) is 0.0669. The van der Waals surface area contributed by atoms with Crippen LogP contribution in [0.15, 0.2) is 152 Å². The number of ether oxygens (including phenoxy) is 6. The standard InChI is InChI=1S/C58H54N4O11/c1-68-34-35-72-57(67)61-48-27-20-39(17-16-38-18-25-45(69-2)26-19-38)36-47(48)58(56(61)66)49(54(64)59-43-21-23-44(24-22-43)60-28-31-70-32-29-60)51-55(65)73-52(41-12-7-4-8-13-41)50(40-10-5-3-6-11-40)62(51)53(58)42-14-9-15-46(37-42)71-33-30-63/h3-15,18-27,36-37,49-53,63H,28-35H2,1-2H3,(H,59,64)/t49-,50-,51-,52+,53+,58-/m1/s1. The van der Waals surface area contributed by atoms with E-state index in [4.69, 9.17) is 28.4 Å². The Kier molecular flexibility index (Phi) is 14.2. The SMILES string of the molecule is COCCOC(=O)N1C(=O)[C@@]2(c3cc(C#Cc4ccc(OC)cc4)ccc31)[C@H](c1cccc(OCCO)c1)N1[C@H](c3ccccc3)[C@H](c3ccccc3)OC(=O)[C@H]1[C@@H]2C(=O)Nc1ccc(N2CCOCC2)cc1. The number of cyclic esters (lactones) is 1. The van der Waals surface area contributed by atoms with Gasteiger partial charge in [0.1, 0.15) is 42.3 Å². The second kappa shape index (κ2) is 21.4. The van der Waals surface area contributed by atoms with Gasteiger partial charge in [-0.1, -0.05) is 84.6 Å². The molecule has 0 radical (unpaired) electrons. The number of methoxy groups -OCH3 is 2. The molecule has 4 heterocycles. The van der Waals surface area contributed by atoms with Crippen LogP contribution in [0.1, 0.15) is 51.6 Å². The van der Waals surface area contributed by atoms with Gasteiger partial charge in [0.25, 0.3) is 0 Å². The van der Waals surface area contributed by atoms with Crippen molar-refractivity contribution in [1.29, 1.82) is 0 Å². The van der Waals surface area contributed by atoms with Gasteiger partial charge in [0.15, 0.2) is 0 Å². The van der Waals surface area contributed by atoms with Crippen molar-refractivity contribution in [3.63, 3.8) is 0 Å². The minimum atomic E-state index is -2.09. The Balaban J connectivity index is 1.24. The summed E-state index contributed by atoms with van der Waals surface area (Å²) in [5.74, 6) is 3.70. The Morgan fingerprint density at radius 1 is 0.726 bits per heavy atom. The maximum Gasteiger partial charge on any atom is 0.421 e. The first kappa shape index (κ1) is 48.6. The van der Waals surface area contributed by atoms with Crippen LogP contribution in [0.3, 0.4) is 0 Å². The second-order valence-corrected chi connectivity index (χ2v) is 18.0. The number of hydrogen-bond donors (Lipinski definition) is 2. The number of amides is 3. The number of imide groups is 1. The minimum Gasteiger partial charge on any atom is -0.497 e. The normalized spacial score (nSPS) is 22.2. The number of aliphatic hydroxyl groups is 1. The maximum atomic E-state index is 16.6. The van der Waals surface area contributed by atoms with Gasteiger partial charge in [0.05, 0.1) is 57.2 Å². The number of nitrogens with one attached hydrogen (secondary N) is 1. The van der Waals surface area contributed by atoms with Gasteiger partial charge < -0.3 is 43.7 Å². The van der Waals surface area contributed by atoms with E-state index < -0.39 is 59.4 Å². The lowest BCUT2D eigenvalue weighted by atomic mass is 9.65. The van der Waals surface area contributed by atoms with Crippen molar-refractivity contribution in [3.05, 3.63) is 185 Å². The molecule has 10 rings (SSSR count). The van der Waals surface area contributed by atoms with Crippen molar-refractivity contribution in [1.82, 2.24) is 4.90 Å². The molecule has 4 aliphatic rings. The van der Waals surface area contributed by atoms with Crippen LogP contribution in [-0.2, 0) is 38.7 Å². The number of benzene rings is 6. The first-order chi connectivity index (χ1) is 35.7. The monoisotopic (exact) mass is 982 g/mol. The van der Waals surface area contributed by atoms with Crippen LogP contribution in [0.4, 0.5) is 21.9 Å². The fourth-order valence-corrected chi connectivity index (χ4v) is 10.8. The number of carbonyl (C=O) groups is 4. The molecule has 0 aromatic heterocycles. The van der Waals surface area contributed by atoms with E-state index in [1.54, 1.807) is 67.8 Å². The molecular formula is C58H54N4O11. The van der Waals surface area contributed by atoms with Crippen LogP contribution in [0.25, 0.3) is 0 Å². The first-order valence-corrected chi connectivity index (χ1v) is 24.2. The number of fused-ring (bicyclic) bond motifs is 3. The Labute approximate surface area is 423 Å². The van der Waals surface area contributed by atoms with E-state index in [2.05, 4.69) is 22.1 Å². The number of esters is 1. The predicted molar refractivity (Wildman–Crippen MR) is 271 cm³/mol. The van der Waals surface area contributed by atoms with Crippen molar-refractivity contribution in [2.75, 3.05) is 82.1 Å². The number of rotatable bonds is 13. The molecule has 372 valence electrons. The zero-order valence-corrected chi connectivity index (χ0v) is 40.3. The van der Waals surface area contributed by atoms with Gasteiger partial charge in [-0.3, -0.25) is 19.3 Å². The Hall–Kier alpha value is -8.00. The van der Waals surface area contributed by atoms with Gasteiger partial charge in [0, 0.05) is 42.7 Å². The molecule has 2 N–H and O–H groups in total. The van der Waals surface area contributed by atoms with E-state index >= 15 is 14.4 Å². The van der Waals surface area contributed by atoms with Crippen LogP contribution < -0.4 is 24.6 Å². The lowest BCUT2D eigenvalue weighted by molar-refractivity contribution is -0.177. The van der Waals surface area contributed by atoms with Crippen LogP contribution in [-0.4, -0.2) is 107 Å². The molecule has 3 fully saturated rings. The number of hydrogen-bond acceptors (Lipinski definition) is 13. The molecule has 3 saturated heterocycles. The van der Waals surface area contributed by atoms with E-state index in [1.165, 1.54) is 7.11 Å². The Morgan fingerprint density at radius 3 is 2.11 bits per heavy atom. The number of carbonyl (C=O) groups excluding carboxylic acids is 4. The van der Waals surface area contributed by atoms with Crippen molar-refractivity contribution in [2.45, 2.75) is 29.6 Å². The zero-order chi connectivity index (χ0) is 50.5. The summed E-state index contributed by atoms with van der Waals surface area (Å²) in [5.41, 5.74) is 2.72. The highest BCUT2D eigenvalue weighted by Crippen LogP contribution is 2.66. The van der Waals surface area contributed by atoms with Crippen LogP contribution in [0.2, 0.25) is 0 Å². The summed E-state index contributed by atoms with van der Waals surface area (Å²) in [4.78, 5) is 68.0. The Bertz CT molecular complexity index is 3030. The van der Waals surface area contributed by atoms with Crippen molar-refractivity contribution in [2.24, 2.45) is 5.92 Å². The molecule has 0 saturated carbocycles. The summed E-state index contributed by atoms with van der Waals surface area (Å²) < 4.78 is 34.6. The predicted octanol–water partition coefficient (Wildman–Crippen LogP) is 7.39. The largest absolute Gasteiger partial charge is 0.497 e. The van der Waals surface area contributed by atoms with Crippen molar-refractivity contribution in [3.8, 4) is 23.3 Å². The third-order valence-electron chi connectivity index (χ3n) is 13.9.